The summed E-state index contributed by atoms with van der Waals surface area (Å²) < 4.78 is 0. The van der Waals surface area contributed by atoms with Gasteiger partial charge in [-0.15, -0.1) is 0 Å². The number of nitrogens with one attached hydrogen (secondary N) is 1. The third-order valence-corrected chi connectivity index (χ3v) is 4.50. The van der Waals surface area contributed by atoms with Crippen LogP contribution in [0.25, 0.3) is 21.8 Å². The first-order valence-corrected chi connectivity index (χ1v) is 8.56. The Kier molecular flexibility index (Phi) is 4.08. The van der Waals surface area contributed by atoms with Crippen LogP contribution in [-0.4, -0.2) is 10.1 Å². The van der Waals surface area contributed by atoms with Crippen LogP contribution in [0.2, 0.25) is 0 Å². The minimum Gasteiger partial charge on any atom is -0.392 e. The van der Waals surface area contributed by atoms with E-state index >= 15 is 0 Å². The summed E-state index contributed by atoms with van der Waals surface area (Å²) in [6.07, 6.45) is 0.931. The van der Waals surface area contributed by atoms with Gasteiger partial charge >= 0.3 is 0 Å². The lowest BCUT2D eigenvalue weighted by molar-refractivity contribution is 0.282. The van der Waals surface area contributed by atoms with Crippen LogP contribution in [0.5, 0.6) is 0 Å². The lowest BCUT2D eigenvalue weighted by Gasteiger charge is -2.15. The molecule has 0 aliphatic carbocycles. The van der Waals surface area contributed by atoms with Crippen molar-refractivity contribution in [2.24, 2.45) is 0 Å². The standard InChI is InChI=1S/C22H20N2O/c1-2-15-11-16(14-25)13-17(12-15)23-22-18-7-3-5-9-20(18)24-21-10-6-4-8-19(21)22/h3-13,25H,2,14H2,1H3,(H,23,24). The van der Waals surface area contributed by atoms with Crippen LogP contribution in [0.15, 0.2) is 66.7 Å². The summed E-state index contributed by atoms with van der Waals surface area (Å²) in [7, 11) is 0. The van der Waals surface area contributed by atoms with Gasteiger partial charge in [0.05, 0.1) is 23.3 Å². The van der Waals surface area contributed by atoms with Crippen molar-refractivity contribution >= 4 is 33.2 Å². The number of hydrogen-bond acceptors (Lipinski definition) is 3. The molecule has 0 atom stereocenters. The molecule has 0 saturated carbocycles. The van der Waals surface area contributed by atoms with Crippen molar-refractivity contribution in [1.82, 2.24) is 4.98 Å². The molecule has 2 N–H and O–H groups in total. The maximum atomic E-state index is 9.55. The van der Waals surface area contributed by atoms with Gasteiger partial charge in [-0.2, -0.15) is 0 Å². The number of benzene rings is 3. The number of aliphatic hydroxyl groups is 1. The lowest BCUT2D eigenvalue weighted by atomic mass is 10.1. The van der Waals surface area contributed by atoms with E-state index in [-0.39, 0.29) is 6.61 Å². The molecule has 4 aromatic rings. The molecule has 0 spiro atoms. The van der Waals surface area contributed by atoms with E-state index < -0.39 is 0 Å². The second kappa shape index (κ2) is 6.54. The Morgan fingerprint density at radius 3 is 2.04 bits per heavy atom. The summed E-state index contributed by atoms with van der Waals surface area (Å²) in [6.45, 7) is 2.16. The first-order valence-electron chi connectivity index (χ1n) is 8.56. The number of aromatic nitrogens is 1. The van der Waals surface area contributed by atoms with Gasteiger partial charge in [-0.3, -0.25) is 0 Å². The highest BCUT2D eigenvalue weighted by Gasteiger charge is 2.09. The number of hydrogen-bond donors (Lipinski definition) is 2. The van der Waals surface area contributed by atoms with Crippen molar-refractivity contribution in [3.05, 3.63) is 77.9 Å². The predicted molar refractivity (Wildman–Crippen MR) is 104 cm³/mol. The van der Waals surface area contributed by atoms with Crippen molar-refractivity contribution in [3.8, 4) is 0 Å². The zero-order valence-corrected chi connectivity index (χ0v) is 14.2. The number of rotatable bonds is 4. The van der Waals surface area contributed by atoms with Crippen molar-refractivity contribution in [2.45, 2.75) is 20.0 Å². The average Bonchev–Trinajstić information content (AvgIpc) is 2.67. The van der Waals surface area contributed by atoms with E-state index in [0.717, 1.165) is 45.2 Å². The Balaban J connectivity index is 1.93. The monoisotopic (exact) mass is 328 g/mol. The summed E-state index contributed by atoms with van der Waals surface area (Å²) in [6, 6.07) is 22.5. The minimum absolute atomic E-state index is 0.0420. The van der Waals surface area contributed by atoms with Crippen molar-refractivity contribution in [2.75, 3.05) is 5.32 Å². The molecular weight excluding hydrogens is 308 g/mol. The fourth-order valence-electron chi connectivity index (χ4n) is 3.25. The molecule has 0 radical (unpaired) electrons. The highest BCUT2D eigenvalue weighted by Crippen LogP contribution is 2.33. The summed E-state index contributed by atoms with van der Waals surface area (Å²) in [5.74, 6) is 0. The fraction of sp³-hybridized carbons (Fsp3) is 0.136. The van der Waals surface area contributed by atoms with E-state index in [4.69, 9.17) is 4.98 Å². The van der Waals surface area contributed by atoms with Crippen LogP contribution < -0.4 is 5.32 Å². The maximum absolute atomic E-state index is 9.55. The summed E-state index contributed by atoms with van der Waals surface area (Å²) in [5.41, 5.74) is 6.11. The molecule has 0 aliphatic heterocycles. The number of aryl methyl sites for hydroxylation is 1. The zero-order chi connectivity index (χ0) is 17.2. The quantitative estimate of drug-likeness (QED) is 0.507. The molecule has 3 heteroatoms. The van der Waals surface area contributed by atoms with E-state index in [1.54, 1.807) is 0 Å². The van der Waals surface area contributed by atoms with Crippen LogP contribution in [0, 0.1) is 0 Å². The average molecular weight is 328 g/mol. The summed E-state index contributed by atoms with van der Waals surface area (Å²) >= 11 is 0. The van der Waals surface area contributed by atoms with Crippen LogP contribution in [0.3, 0.4) is 0 Å². The van der Waals surface area contributed by atoms with Crippen LogP contribution >= 0.6 is 0 Å². The Morgan fingerprint density at radius 1 is 0.840 bits per heavy atom. The van der Waals surface area contributed by atoms with Gasteiger partial charge in [-0.25, -0.2) is 4.98 Å². The molecule has 0 saturated heterocycles. The molecule has 3 nitrogen and oxygen atoms in total. The van der Waals surface area contributed by atoms with Crippen molar-refractivity contribution in [1.29, 1.82) is 0 Å². The van der Waals surface area contributed by atoms with Gasteiger partial charge in [0.1, 0.15) is 0 Å². The number of para-hydroxylation sites is 2. The second-order valence-corrected chi connectivity index (χ2v) is 6.20. The summed E-state index contributed by atoms with van der Waals surface area (Å²) in [4.78, 5) is 4.77. The van der Waals surface area contributed by atoms with Gasteiger partial charge in [0, 0.05) is 16.5 Å². The summed E-state index contributed by atoms with van der Waals surface area (Å²) in [5, 5.41) is 15.3. The van der Waals surface area contributed by atoms with Gasteiger partial charge in [-0.1, -0.05) is 49.4 Å². The molecule has 0 fully saturated rings. The van der Waals surface area contributed by atoms with Crippen LogP contribution in [0.1, 0.15) is 18.1 Å². The molecular formula is C22H20N2O. The minimum atomic E-state index is 0.0420. The van der Waals surface area contributed by atoms with Gasteiger partial charge in [0.15, 0.2) is 0 Å². The smallest absolute Gasteiger partial charge is 0.0730 e. The highest BCUT2D eigenvalue weighted by atomic mass is 16.3. The molecule has 1 aromatic heterocycles. The van der Waals surface area contributed by atoms with E-state index in [1.807, 2.05) is 48.5 Å². The van der Waals surface area contributed by atoms with Gasteiger partial charge < -0.3 is 10.4 Å². The number of anilines is 2. The Bertz CT molecular complexity index is 980. The molecule has 0 bridgehead atoms. The molecule has 0 amide bonds. The molecule has 4 rings (SSSR count). The highest BCUT2D eigenvalue weighted by molar-refractivity contribution is 6.08. The van der Waals surface area contributed by atoms with E-state index in [9.17, 15) is 5.11 Å². The maximum Gasteiger partial charge on any atom is 0.0730 e. The fourth-order valence-corrected chi connectivity index (χ4v) is 3.25. The van der Waals surface area contributed by atoms with Crippen molar-refractivity contribution < 1.29 is 5.11 Å². The normalized spacial score (nSPS) is 11.1. The molecule has 0 aliphatic rings. The Hall–Kier alpha value is -2.91. The third kappa shape index (κ3) is 2.94. The molecule has 1 heterocycles. The van der Waals surface area contributed by atoms with Gasteiger partial charge in [-0.05, 0) is 41.8 Å². The number of nitrogens with zero attached hydrogens (tertiary/aromatic N) is 1. The lowest BCUT2D eigenvalue weighted by Crippen LogP contribution is -1.98. The first-order chi connectivity index (χ1) is 12.3. The van der Waals surface area contributed by atoms with Crippen molar-refractivity contribution in [3.63, 3.8) is 0 Å². The van der Waals surface area contributed by atoms with E-state index in [2.05, 4.69) is 30.4 Å². The van der Waals surface area contributed by atoms with Gasteiger partial charge in [0.25, 0.3) is 0 Å². The zero-order valence-electron chi connectivity index (χ0n) is 14.2. The van der Waals surface area contributed by atoms with E-state index in [1.165, 1.54) is 5.56 Å². The largest absolute Gasteiger partial charge is 0.392 e. The SMILES string of the molecule is CCc1cc(CO)cc(Nc2c3ccccc3nc3ccccc23)c1. The Morgan fingerprint density at radius 2 is 1.44 bits per heavy atom. The number of fused-ring (bicyclic) bond motifs is 2. The number of pyridine rings is 1. The first kappa shape index (κ1) is 15.6. The molecule has 25 heavy (non-hydrogen) atoms. The topological polar surface area (TPSA) is 45.1 Å². The third-order valence-electron chi connectivity index (χ3n) is 4.50. The molecule has 124 valence electrons. The van der Waals surface area contributed by atoms with Crippen LogP contribution in [0.4, 0.5) is 11.4 Å². The van der Waals surface area contributed by atoms with Crippen LogP contribution in [-0.2, 0) is 13.0 Å². The van der Waals surface area contributed by atoms with Gasteiger partial charge in [0.2, 0.25) is 0 Å². The molecule has 0 unspecified atom stereocenters. The number of aliphatic hydroxyl groups excluding tert-OH is 1. The second-order valence-electron chi connectivity index (χ2n) is 6.20. The van der Waals surface area contributed by atoms with E-state index in [0.29, 0.717) is 0 Å². The predicted octanol–water partition coefficient (Wildman–Crippen LogP) is 5.19. The Labute approximate surface area is 147 Å². The molecule has 3 aromatic carbocycles.